The molecule has 1 aromatic heterocycles. The number of hydrogen-bond acceptors (Lipinski definition) is 3. The second-order valence-corrected chi connectivity index (χ2v) is 8.86. The van der Waals surface area contributed by atoms with Crippen LogP contribution in [0.25, 0.3) is 10.8 Å². The molecule has 1 amide bonds. The summed E-state index contributed by atoms with van der Waals surface area (Å²) in [5, 5.41) is 19.1. The molecule has 1 heterocycles. The van der Waals surface area contributed by atoms with Crippen molar-refractivity contribution in [3.8, 4) is 0 Å². The first kappa shape index (κ1) is 22.5. The van der Waals surface area contributed by atoms with E-state index >= 15 is 0 Å². The molecule has 2 N–H and O–H groups in total. The molecule has 1 aliphatic rings. The van der Waals surface area contributed by atoms with Crippen LogP contribution in [0, 0.1) is 6.92 Å². The Labute approximate surface area is 193 Å². The number of hydrogen-bond donors (Lipinski definition) is 2. The van der Waals surface area contributed by atoms with Gasteiger partial charge in [-0.15, -0.1) is 0 Å². The van der Waals surface area contributed by atoms with Gasteiger partial charge in [-0.1, -0.05) is 50.3 Å². The predicted octanol–water partition coefficient (Wildman–Crippen LogP) is 5.13. The van der Waals surface area contributed by atoms with E-state index in [0.29, 0.717) is 12.1 Å². The summed E-state index contributed by atoms with van der Waals surface area (Å²) in [6, 6.07) is 13.7. The van der Waals surface area contributed by atoms with Crippen LogP contribution in [0.2, 0.25) is 0 Å². The highest BCUT2D eigenvalue weighted by atomic mass is 16.4. The minimum atomic E-state index is -0.842. The third-order valence-electron chi connectivity index (χ3n) is 6.04. The summed E-state index contributed by atoms with van der Waals surface area (Å²) in [5.41, 5.74) is 5.30. The number of carbonyl (C=O) groups is 2. The average molecular weight is 444 g/mol. The second kappa shape index (κ2) is 9.45. The highest BCUT2D eigenvalue weighted by Crippen LogP contribution is 2.26. The normalized spacial score (nSPS) is 13.7. The number of rotatable bonds is 7. The number of nitrogens with zero attached hydrogens (tertiary/aromatic N) is 2. The number of allylic oxidation sites excluding steroid dienone is 4. The van der Waals surface area contributed by atoms with Gasteiger partial charge < -0.3 is 10.4 Å². The van der Waals surface area contributed by atoms with Crippen LogP contribution in [0.15, 0.2) is 65.9 Å². The molecular weight excluding hydrogens is 414 g/mol. The van der Waals surface area contributed by atoms with E-state index < -0.39 is 5.97 Å². The summed E-state index contributed by atoms with van der Waals surface area (Å²) in [6.07, 6.45) is 5.54. The minimum absolute atomic E-state index is 0.0107. The summed E-state index contributed by atoms with van der Waals surface area (Å²) >= 11 is 0. The molecule has 0 aliphatic heterocycles. The Morgan fingerprint density at radius 3 is 2.52 bits per heavy atom. The van der Waals surface area contributed by atoms with E-state index in [1.54, 1.807) is 0 Å². The van der Waals surface area contributed by atoms with Gasteiger partial charge in [-0.3, -0.25) is 14.3 Å². The van der Waals surface area contributed by atoms with Gasteiger partial charge in [-0.05, 0) is 60.2 Å². The maximum absolute atomic E-state index is 12.7. The van der Waals surface area contributed by atoms with Crippen molar-refractivity contribution < 1.29 is 14.7 Å². The number of nitrogens with one attached hydrogen (secondary N) is 1. The number of benzene rings is 2. The van der Waals surface area contributed by atoms with Crippen LogP contribution in [0.3, 0.4) is 0 Å². The first-order valence-electron chi connectivity index (χ1n) is 11.3. The smallest absolute Gasteiger partial charge is 0.307 e. The number of amides is 1. The monoisotopic (exact) mass is 443 g/mol. The maximum Gasteiger partial charge on any atom is 0.307 e. The zero-order valence-corrected chi connectivity index (χ0v) is 19.3. The molecule has 4 rings (SSSR count). The third kappa shape index (κ3) is 5.06. The summed E-state index contributed by atoms with van der Waals surface area (Å²) in [5.74, 6) is -0.768. The summed E-state index contributed by atoms with van der Waals surface area (Å²) in [4.78, 5) is 24.0. The van der Waals surface area contributed by atoms with Crippen molar-refractivity contribution in [1.82, 2.24) is 15.1 Å². The van der Waals surface area contributed by atoms with Gasteiger partial charge in [0.05, 0.1) is 18.7 Å². The van der Waals surface area contributed by atoms with Crippen LogP contribution >= 0.6 is 0 Å². The van der Waals surface area contributed by atoms with Gasteiger partial charge >= 0.3 is 5.97 Å². The van der Waals surface area contributed by atoms with Gasteiger partial charge in [0.1, 0.15) is 0 Å². The zero-order chi connectivity index (χ0) is 23.5. The molecule has 6 nitrogen and oxygen atoms in total. The molecule has 2 aromatic carbocycles. The van der Waals surface area contributed by atoms with E-state index in [1.807, 2.05) is 66.2 Å². The van der Waals surface area contributed by atoms with Crippen LogP contribution < -0.4 is 5.32 Å². The van der Waals surface area contributed by atoms with E-state index in [9.17, 15) is 14.7 Å². The SMILES string of the molecule is Cc1nn(CC2=CC=C(NC(=O)c3ccc4ccccc4c3)CC2)c(C(C)C)c1CC(=O)O. The Hall–Kier alpha value is -3.67. The number of aromatic nitrogens is 2. The zero-order valence-electron chi connectivity index (χ0n) is 19.3. The van der Waals surface area contributed by atoms with Gasteiger partial charge in [0.25, 0.3) is 5.91 Å². The van der Waals surface area contributed by atoms with Crippen molar-refractivity contribution in [3.63, 3.8) is 0 Å². The van der Waals surface area contributed by atoms with Crippen LogP contribution in [0.5, 0.6) is 0 Å². The number of carboxylic acids is 1. The molecule has 0 fully saturated rings. The minimum Gasteiger partial charge on any atom is -0.481 e. The number of carboxylic acid groups (broad SMARTS) is 1. The van der Waals surface area contributed by atoms with Crippen molar-refractivity contribution >= 4 is 22.6 Å². The largest absolute Gasteiger partial charge is 0.481 e. The van der Waals surface area contributed by atoms with Crippen LogP contribution in [-0.2, 0) is 17.8 Å². The van der Waals surface area contributed by atoms with Gasteiger partial charge in [-0.25, -0.2) is 0 Å². The van der Waals surface area contributed by atoms with Crippen LogP contribution in [0.4, 0.5) is 0 Å². The predicted molar refractivity (Wildman–Crippen MR) is 129 cm³/mol. The van der Waals surface area contributed by atoms with Crippen LogP contribution in [-0.4, -0.2) is 26.8 Å². The van der Waals surface area contributed by atoms with Crippen LogP contribution in [0.1, 0.15) is 59.9 Å². The molecular formula is C27H29N3O3. The summed E-state index contributed by atoms with van der Waals surface area (Å²) in [7, 11) is 0. The lowest BCUT2D eigenvalue weighted by molar-refractivity contribution is -0.136. The summed E-state index contributed by atoms with van der Waals surface area (Å²) in [6.45, 7) is 6.62. The highest BCUT2D eigenvalue weighted by Gasteiger charge is 2.21. The van der Waals surface area contributed by atoms with Gasteiger partial charge in [0.15, 0.2) is 0 Å². The Morgan fingerprint density at radius 2 is 1.85 bits per heavy atom. The molecule has 3 aromatic rings. The van der Waals surface area contributed by atoms with Gasteiger partial charge in [-0.2, -0.15) is 5.10 Å². The topological polar surface area (TPSA) is 84.2 Å². The lowest BCUT2D eigenvalue weighted by atomic mass is 9.99. The Morgan fingerprint density at radius 1 is 1.09 bits per heavy atom. The molecule has 6 heteroatoms. The van der Waals surface area contributed by atoms with E-state index in [-0.39, 0.29) is 18.2 Å². The van der Waals surface area contributed by atoms with E-state index in [2.05, 4.69) is 24.3 Å². The number of aryl methyl sites for hydroxylation is 1. The van der Waals surface area contributed by atoms with Crippen molar-refractivity contribution in [3.05, 3.63) is 88.4 Å². The number of carbonyl (C=O) groups excluding carboxylic acids is 1. The number of fused-ring (bicyclic) bond motifs is 1. The Balaban J connectivity index is 1.47. The van der Waals surface area contributed by atoms with E-state index in [1.165, 1.54) is 5.57 Å². The fraction of sp³-hybridized carbons (Fsp3) is 0.296. The molecule has 33 heavy (non-hydrogen) atoms. The molecule has 0 saturated heterocycles. The Kier molecular flexibility index (Phi) is 6.45. The average Bonchev–Trinajstić information content (AvgIpc) is 3.08. The molecule has 0 spiro atoms. The molecule has 1 aliphatic carbocycles. The number of aliphatic carboxylic acids is 1. The molecule has 0 unspecified atom stereocenters. The van der Waals surface area contributed by atoms with Gasteiger partial charge in [0, 0.05) is 22.5 Å². The fourth-order valence-electron chi connectivity index (χ4n) is 4.43. The molecule has 0 bridgehead atoms. The maximum atomic E-state index is 12.7. The molecule has 0 saturated carbocycles. The third-order valence-corrected chi connectivity index (χ3v) is 6.04. The molecule has 0 radical (unpaired) electrons. The van der Waals surface area contributed by atoms with E-state index in [4.69, 9.17) is 0 Å². The van der Waals surface area contributed by atoms with Crippen molar-refractivity contribution in [1.29, 1.82) is 0 Å². The molecule has 0 atom stereocenters. The van der Waals surface area contributed by atoms with E-state index in [0.717, 1.165) is 46.3 Å². The van der Waals surface area contributed by atoms with Crippen molar-refractivity contribution in [2.75, 3.05) is 0 Å². The lowest BCUT2D eigenvalue weighted by Gasteiger charge is -2.18. The second-order valence-electron chi connectivity index (χ2n) is 8.86. The standard InChI is InChI=1S/C27H29N3O3/c1-17(2)26-24(15-25(31)32)18(3)29-30(26)16-19-8-12-23(13-9-19)28-27(33)22-11-10-20-6-4-5-7-21(20)14-22/h4-8,10-12,14,17H,9,13,15-16H2,1-3H3,(H,28,33)(H,31,32). The highest BCUT2D eigenvalue weighted by molar-refractivity contribution is 5.99. The Bertz CT molecular complexity index is 1280. The quantitative estimate of drug-likeness (QED) is 0.530. The summed E-state index contributed by atoms with van der Waals surface area (Å²) < 4.78 is 1.94. The molecule has 170 valence electrons. The first-order valence-corrected chi connectivity index (χ1v) is 11.3. The van der Waals surface area contributed by atoms with Gasteiger partial charge in [0.2, 0.25) is 0 Å². The fourth-order valence-corrected chi connectivity index (χ4v) is 4.43. The van der Waals surface area contributed by atoms with Crippen molar-refractivity contribution in [2.24, 2.45) is 0 Å². The lowest BCUT2D eigenvalue weighted by Crippen LogP contribution is -2.24. The first-order chi connectivity index (χ1) is 15.8. The van der Waals surface area contributed by atoms with Crippen molar-refractivity contribution in [2.45, 2.75) is 52.5 Å².